The van der Waals surface area contributed by atoms with Gasteiger partial charge in [0, 0.05) is 19.8 Å². The molecule has 0 atom stereocenters. The van der Waals surface area contributed by atoms with Gasteiger partial charge in [-0.25, -0.2) is 9.48 Å². The van der Waals surface area contributed by atoms with Crippen molar-refractivity contribution in [2.75, 3.05) is 32.1 Å². The standard InChI is InChI=1S/C17H20ClN5O3/c1-21(17(25)26-2)11-15(24)22(9-12-5-6-12)14-10-23(20-16(14)18)13-4-3-7-19-8-13/h3-4,7-8,10,12H,5-6,9,11H2,1-2H3. The predicted octanol–water partition coefficient (Wildman–Crippen LogP) is 2.36. The monoisotopic (exact) mass is 377 g/mol. The van der Waals surface area contributed by atoms with Crippen LogP contribution in [-0.2, 0) is 9.53 Å². The van der Waals surface area contributed by atoms with Crippen LogP contribution >= 0.6 is 11.6 Å². The van der Waals surface area contributed by atoms with E-state index in [4.69, 9.17) is 11.6 Å². The van der Waals surface area contributed by atoms with Gasteiger partial charge >= 0.3 is 6.09 Å². The second-order valence-corrected chi connectivity index (χ2v) is 6.59. The molecule has 0 aromatic carbocycles. The van der Waals surface area contributed by atoms with E-state index in [0.717, 1.165) is 18.5 Å². The zero-order chi connectivity index (χ0) is 18.7. The summed E-state index contributed by atoms with van der Waals surface area (Å²) in [6.45, 7) is 0.445. The van der Waals surface area contributed by atoms with Crippen LogP contribution in [0.4, 0.5) is 10.5 Å². The number of ether oxygens (including phenoxy) is 1. The van der Waals surface area contributed by atoms with Crippen molar-refractivity contribution in [1.29, 1.82) is 0 Å². The lowest BCUT2D eigenvalue weighted by atomic mass is 10.3. The summed E-state index contributed by atoms with van der Waals surface area (Å²) in [5, 5.41) is 4.51. The first-order chi connectivity index (χ1) is 12.5. The first-order valence-corrected chi connectivity index (χ1v) is 8.62. The lowest BCUT2D eigenvalue weighted by Crippen LogP contribution is -2.42. The van der Waals surface area contributed by atoms with Crippen molar-refractivity contribution in [2.24, 2.45) is 5.92 Å². The second-order valence-electron chi connectivity index (χ2n) is 6.23. The molecule has 0 aliphatic heterocycles. The Kier molecular flexibility index (Phi) is 5.41. The number of hydrogen-bond donors (Lipinski definition) is 0. The Morgan fingerprint density at radius 2 is 2.19 bits per heavy atom. The van der Waals surface area contributed by atoms with Gasteiger partial charge in [-0.05, 0) is 30.9 Å². The Bertz CT molecular complexity index is 791. The molecule has 9 heteroatoms. The van der Waals surface area contributed by atoms with E-state index in [1.807, 2.05) is 6.07 Å². The first kappa shape index (κ1) is 18.2. The third-order valence-corrected chi connectivity index (χ3v) is 4.42. The lowest BCUT2D eigenvalue weighted by Gasteiger charge is -2.24. The van der Waals surface area contributed by atoms with Gasteiger partial charge in [0.1, 0.15) is 12.2 Å². The minimum atomic E-state index is -0.568. The number of rotatable bonds is 6. The second kappa shape index (κ2) is 7.74. The molecule has 0 N–H and O–H groups in total. The van der Waals surface area contributed by atoms with Gasteiger partial charge in [0.25, 0.3) is 0 Å². The van der Waals surface area contributed by atoms with Crippen LogP contribution in [0.15, 0.2) is 30.7 Å². The van der Waals surface area contributed by atoms with Crippen molar-refractivity contribution in [3.05, 3.63) is 35.9 Å². The summed E-state index contributed by atoms with van der Waals surface area (Å²) in [5.41, 5.74) is 1.26. The molecule has 1 aliphatic carbocycles. The molecule has 1 aliphatic rings. The fourth-order valence-electron chi connectivity index (χ4n) is 2.55. The maximum Gasteiger partial charge on any atom is 0.409 e. The maximum atomic E-state index is 12.8. The number of methoxy groups -OCH3 is 1. The first-order valence-electron chi connectivity index (χ1n) is 8.24. The molecule has 26 heavy (non-hydrogen) atoms. The molecule has 2 aromatic rings. The average molecular weight is 378 g/mol. The summed E-state index contributed by atoms with van der Waals surface area (Å²) in [6, 6.07) is 3.64. The number of amides is 2. The molecule has 0 saturated heterocycles. The van der Waals surface area contributed by atoms with Gasteiger partial charge in [-0.15, -0.1) is 0 Å². The average Bonchev–Trinajstić information content (AvgIpc) is 3.39. The molecule has 2 aromatic heterocycles. The number of carbonyl (C=O) groups excluding carboxylic acids is 2. The molecule has 2 amide bonds. The van der Waals surface area contributed by atoms with E-state index in [2.05, 4.69) is 14.8 Å². The number of aromatic nitrogens is 3. The van der Waals surface area contributed by atoms with Crippen LogP contribution in [0.1, 0.15) is 12.8 Å². The molecule has 1 fully saturated rings. The van der Waals surface area contributed by atoms with Crippen molar-refractivity contribution in [3.63, 3.8) is 0 Å². The molecule has 0 unspecified atom stereocenters. The van der Waals surface area contributed by atoms with Crippen LogP contribution in [0.2, 0.25) is 5.15 Å². The highest BCUT2D eigenvalue weighted by molar-refractivity contribution is 6.32. The summed E-state index contributed by atoms with van der Waals surface area (Å²) in [6.07, 6.45) is 6.61. The van der Waals surface area contributed by atoms with E-state index in [1.54, 1.807) is 34.2 Å². The fourth-order valence-corrected chi connectivity index (χ4v) is 2.78. The summed E-state index contributed by atoms with van der Waals surface area (Å²) in [4.78, 5) is 31.3. The van der Waals surface area contributed by atoms with Crippen molar-refractivity contribution in [1.82, 2.24) is 19.7 Å². The molecule has 3 rings (SSSR count). The van der Waals surface area contributed by atoms with Crippen molar-refractivity contribution in [2.45, 2.75) is 12.8 Å². The largest absolute Gasteiger partial charge is 0.453 e. The summed E-state index contributed by atoms with van der Waals surface area (Å²) < 4.78 is 6.23. The molecule has 1 saturated carbocycles. The van der Waals surface area contributed by atoms with Gasteiger partial charge in [0.15, 0.2) is 5.15 Å². The highest BCUT2D eigenvalue weighted by atomic mass is 35.5. The number of anilines is 1. The molecular weight excluding hydrogens is 358 g/mol. The topological polar surface area (TPSA) is 80.6 Å². The van der Waals surface area contributed by atoms with E-state index in [9.17, 15) is 9.59 Å². The third-order valence-electron chi connectivity index (χ3n) is 4.15. The van der Waals surface area contributed by atoms with E-state index >= 15 is 0 Å². The van der Waals surface area contributed by atoms with Crippen LogP contribution in [0.5, 0.6) is 0 Å². The number of halogens is 1. The molecule has 0 bridgehead atoms. The summed E-state index contributed by atoms with van der Waals surface area (Å²) in [7, 11) is 2.79. The van der Waals surface area contributed by atoms with Gasteiger partial charge in [-0.1, -0.05) is 11.6 Å². The Hall–Kier alpha value is -2.61. The van der Waals surface area contributed by atoms with Crippen LogP contribution in [0, 0.1) is 5.92 Å². The van der Waals surface area contributed by atoms with Gasteiger partial charge in [0.2, 0.25) is 5.91 Å². The van der Waals surface area contributed by atoms with Crippen molar-refractivity contribution >= 4 is 29.3 Å². The van der Waals surface area contributed by atoms with E-state index in [-0.39, 0.29) is 17.6 Å². The zero-order valence-corrected chi connectivity index (χ0v) is 15.4. The van der Waals surface area contributed by atoms with Gasteiger partial charge in [-0.3, -0.25) is 9.78 Å². The molecule has 0 radical (unpaired) electrons. The Balaban J connectivity index is 1.84. The number of likely N-dealkylation sites (N-methyl/N-ethyl adjacent to an activating group) is 1. The Labute approximate surface area is 156 Å². The summed E-state index contributed by atoms with van der Waals surface area (Å²) in [5.74, 6) is 0.206. The lowest BCUT2D eigenvalue weighted by molar-refractivity contribution is -0.119. The predicted molar refractivity (Wildman–Crippen MR) is 96.5 cm³/mol. The quantitative estimate of drug-likeness (QED) is 0.772. The van der Waals surface area contributed by atoms with Crippen LogP contribution in [0.3, 0.4) is 0 Å². The third kappa shape index (κ3) is 4.13. The maximum absolute atomic E-state index is 12.8. The molecular formula is C17H20ClN5O3. The van der Waals surface area contributed by atoms with Gasteiger partial charge in [-0.2, -0.15) is 5.10 Å². The Morgan fingerprint density at radius 1 is 1.42 bits per heavy atom. The van der Waals surface area contributed by atoms with Crippen LogP contribution in [-0.4, -0.2) is 58.9 Å². The molecule has 8 nitrogen and oxygen atoms in total. The Morgan fingerprint density at radius 3 is 2.81 bits per heavy atom. The van der Waals surface area contributed by atoms with Crippen LogP contribution in [0.25, 0.3) is 5.69 Å². The van der Waals surface area contributed by atoms with Crippen molar-refractivity contribution < 1.29 is 14.3 Å². The number of nitrogens with zero attached hydrogens (tertiary/aromatic N) is 5. The molecule has 138 valence electrons. The summed E-state index contributed by atoms with van der Waals surface area (Å²) >= 11 is 6.31. The van der Waals surface area contributed by atoms with Gasteiger partial charge < -0.3 is 14.5 Å². The smallest absolute Gasteiger partial charge is 0.409 e. The minimum absolute atomic E-state index is 0.103. The fraction of sp³-hybridized carbons (Fsp3) is 0.412. The molecule has 2 heterocycles. The molecule has 0 spiro atoms. The van der Waals surface area contributed by atoms with E-state index in [1.165, 1.54) is 19.1 Å². The number of carbonyl (C=O) groups is 2. The highest BCUT2D eigenvalue weighted by Crippen LogP contribution is 2.34. The highest BCUT2D eigenvalue weighted by Gasteiger charge is 2.31. The van der Waals surface area contributed by atoms with E-state index < -0.39 is 6.09 Å². The van der Waals surface area contributed by atoms with E-state index in [0.29, 0.717) is 18.2 Å². The SMILES string of the molecule is COC(=O)N(C)CC(=O)N(CC1CC1)c1cn(-c2cccnc2)nc1Cl. The van der Waals surface area contributed by atoms with Crippen LogP contribution < -0.4 is 4.90 Å². The van der Waals surface area contributed by atoms with Gasteiger partial charge in [0.05, 0.1) is 25.2 Å². The minimum Gasteiger partial charge on any atom is -0.453 e. The van der Waals surface area contributed by atoms with Crippen molar-refractivity contribution in [3.8, 4) is 5.69 Å². The number of pyridine rings is 1. The normalized spacial score (nSPS) is 13.3. The number of hydrogen-bond acceptors (Lipinski definition) is 5. The zero-order valence-electron chi connectivity index (χ0n) is 14.6.